The minimum absolute atomic E-state index is 0.443. The van der Waals surface area contributed by atoms with Crippen LogP contribution in [0, 0.1) is 5.92 Å². The van der Waals surface area contributed by atoms with E-state index in [0.717, 1.165) is 12.5 Å². The molecule has 1 N–H and O–H groups in total. The van der Waals surface area contributed by atoms with Gasteiger partial charge in [0, 0.05) is 25.2 Å². The van der Waals surface area contributed by atoms with E-state index in [1.165, 1.54) is 38.8 Å². The van der Waals surface area contributed by atoms with Crippen LogP contribution >= 0.6 is 0 Å². The maximum atomic E-state index is 5.75. The van der Waals surface area contributed by atoms with E-state index in [-0.39, 0.29) is 0 Å². The summed E-state index contributed by atoms with van der Waals surface area (Å²) < 4.78 is 5.75. The maximum Gasteiger partial charge on any atom is 0.0726 e. The van der Waals surface area contributed by atoms with Crippen molar-refractivity contribution < 1.29 is 4.74 Å². The van der Waals surface area contributed by atoms with Crippen LogP contribution in [0.25, 0.3) is 0 Å². The topological polar surface area (TPSA) is 24.5 Å². The number of ether oxygens (including phenoxy) is 1. The van der Waals surface area contributed by atoms with E-state index in [9.17, 15) is 0 Å². The van der Waals surface area contributed by atoms with Crippen molar-refractivity contribution in [1.82, 2.24) is 10.2 Å². The predicted molar refractivity (Wildman–Crippen MR) is 71.3 cm³/mol. The van der Waals surface area contributed by atoms with Crippen LogP contribution in [-0.2, 0) is 4.74 Å². The van der Waals surface area contributed by atoms with Gasteiger partial charge in [-0.3, -0.25) is 0 Å². The molecule has 0 aromatic rings. The van der Waals surface area contributed by atoms with Gasteiger partial charge >= 0.3 is 0 Å². The molecule has 2 rings (SSSR count). The zero-order valence-corrected chi connectivity index (χ0v) is 11.6. The lowest BCUT2D eigenvalue weighted by Crippen LogP contribution is -2.49. The van der Waals surface area contributed by atoms with E-state index in [1.807, 2.05) is 0 Å². The Morgan fingerprint density at radius 1 is 1.18 bits per heavy atom. The fourth-order valence-electron chi connectivity index (χ4n) is 3.27. The highest BCUT2D eigenvalue weighted by molar-refractivity contribution is 4.84. The molecule has 100 valence electrons. The van der Waals surface area contributed by atoms with E-state index in [2.05, 4.69) is 31.1 Å². The Morgan fingerprint density at radius 2 is 2.00 bits per heavy atom. The van der Waals surface area contributed by atoms with Gasteiger partial charge in [0.05, 0.1) is 6.10 Å². The monoisotopic (exact) mass is 240 g/mol. The molecule has 0 saturated carbocycles. The van der Waals surface area contributed by atoms with Crippen LogP contribution in [-0.4, -0.2) is 49.8 Å². The van der Waals surface area contributed by atoms with Crippen molar-refractivity contribution in [2.24, 2.45) is 5.92 Å². The van der Waals surface area contributed by atoms with Crippen LogP contribution in [0.1, 0.15) is 39.5 Å². The fourth-order valence-corrected chi connectivity index (χ4v) is 3.27. The van der Waals surface area contributed by atoms with Gasteiger partial charge in [-0.2, -0.15) is 0 Å². The summed E-state index contributed by atoms with van der Waals surface area (Å²) in [7, 11) is 2.24. The molecular formula is C14H28N2O. The van der Waals surface area contributed by atoms with Gasteiger partial charge in [0.15, 0.2) is 0 Å². The zero-order valence-electron chi connectivity index (χ0n) is 11.6. The first-order valence-corrected chi connectivity index (χ1v) is 7.23. The second kappa shape index (κ2) is 6.17. The molecule has 0 radical (unpaired) electrons. The van der Waals surface area contributed by atoms with Crippen molar-refractivity contribution in [3.8, 4) is 0 Å². The first-order valence-electron chi connectivity index (χ1n) is 7.23. The van der Waals surface area contributed by atoms with E-state index < -0.39 is 0 Å². The summed E-state index contributed by atoms with van der Waals surface area (Å²) >= 11 is 0. The Hall–Kier alpha value is -0.120. The molecule has 4 unspecified atom stereocenters. The lowest BCUT2D eigenvalue weighted by atomic mass is 9.91. The number of rotatable bonds is 4. The third-order valence-electron chi connectivity index (χ3n) is 4.42. The van der Waals surface area contributed by atoms with Crippen LogP contribution in [0.4, 0.5) is 0 Å². The second-order valence-electron chi connectivity index (χ2n) is 5.96. The normalized spacial score (nSPS) is 34.8. The zero-order chi connectivity index (χ0) is 12.3. The summed E-state index contributed by atoms with van der Waals surface area (Å²) in [6, 6.07) is 1.11. The highest BCUT2D eigenvalue weighted by Gasteiger charge is 2.27. The molecule has 0 aromatic carbocycles. The van der Waals surface area contributed by atoms with Crippen LogP contribution in [0.2, 0.25) is 0 Å². The van der Waals surface area contributed by atoms with Gasteiger partial charge in [0.25, 0.3) is 0 Å². The molecule has 3 heteroatoms. The minimum Gasteiger partial charge on any atom is -0.377 e. The molecule has 2 aliphatic rings. The molecular weight excluding hydrogens is 212 g/mol. The van der Waals surface area contributed by atoms with Gasteiger partial charge < -0.3 is 15.0 Å². The van der Waals surface area contributed by atoms with Crippen molar-refractivity contribution in [2.45, 2.75) is 57.7 Å². The van der Waals surface area contributed by atoms with E-state index in [4.69, 9.17) is 4.74 Å². The average molecular weight is 240 g/mol. The minimum atomic E-state index is 0.443. The van der Waals surface area contributed by atoms with E-state index in [1.54, 1.807) is 0 Å². The molecule has 3 nitrogen and oxygen atoms in total. The lowest BCUT2D eigenvalue weighted by Gasteiger charge is -2.36. The first-order chi connectivity index (χ1) is 8.16. The molecule has 0 amide bonds. The largest absolute Gasteiger partial charge is 0.377 e. The number of nitrogens with zero attached hydrogens (tertiary/aromatic N) is 1. The van der Waals surface area contributed by atoms with Crippen LogP contribution in [0.5, 0.6) is 0 Å². The molecule has 2 saturated heterocycles. The summed E-state index contributed by atoms with van der Waals surface area (Å²) in [5.74, 6) is 0.803. The average Bonchev–Trinajstić information content (AvgIpc) is 2.82. The quantitative estimate of drug-likeness (QED) is 0.812. The van der Waals surface area contributed by atoms with Crippen molar-refractivity contribution in [2.75, 3.05) is 26.7 Å². The number of likely N-dealkylation sites (tertiary alicyclic amines) is 1. The van der Waals surface area contributed by atoms with Crippen molar-refractivity contribution >= 4 is 0 Å². The van der Waals surface area contributed by atoms with Crippen LogP contribution < -0.4 is 5.32 Å². The summed E-state index contributed by atoms with van der Waals surface area (Å²) in [5.41, 5.74) is 0. The second-order valence-corrected chi connectivity index (χ2v) is 5.96. The molecule has 17 heavy (non-hydrogen) atoms. The van der Waals surface area contributed by atoms with Crippen molar-refractivity contribution in [1.29, 1.82) is 0 Å². The Balaban J connectivity index is 1.76. The molecule has 0 aromatic heterocycles. The Morgan fingerprint density at radius 3 is 2.65 bits per heavy atom. The van der Waals surface area contributed by atoms with Crippen molar-refractivity contribution in [3.63, 3.8) is 0 Å². The Bertz CT molecular complexity index is 228. The molecule has 0 bridgehead atoms. The molecule has 4 atom stereocenters. The Labute approximate surface area is 106 Å². The molecule has 2 heterocycles. The van der Waals surface area contributed by atoms with Gasteiger partial charge in [0.2, 0.25) is 0 Å². The van der Waals surface area contributed by atoms with Gasteiger partial charge in [-0.1, -0.05) is 0 Å². The van der Waals surface area contributed by atoms with Gasteiger partial charge in [-0.15, -0.1) is 0 Å². The van der Waals surface area contributed by atoms with Gasteiger partial charge in [-0.05, 0) is 59.0 Å². The number of piperidine rings is 1. The van der Waals surface area contributed by atoms with Crippen LogP contribution in [0.3, 0.4) is 0 Å². The predicted octanol–water partition coefficient (Wildman–Crippen LogP) is 1.87. The fraction of sp³-hybridized carbons (Fsp3) is 1.00. The SMILES string of the molecule is CC(NC(C)C1CCCO1)C1CCCN(C)C1. The number of hydrogen-bond acceptors (Lipinski definition) is 3. The molecule has 0 spiro atoms. The highest BCUT2D eigenvalue weighted by Crippen LogP contribution is 2.21. The summed E-state index contributed by atoms with van der Waals surface area (Å²) in [6.45, 7) is 8.09. The summed E-state index contributed by atoms with van der Waals surface area (Å²) in [4.78, 5) is 2.46. The number of nitrogens with one attached hydrogen (secondary N) is 1. The van der Waals surface area contributed by atoms with E-state index >= 15 is 0 Å². The maximum absolute atomic E-state index is 5.75. The smallest absolute Gasteiger partial charge is 0.0726 e. The highest BCUT2D eigenvalue weighted by atomic mass is 16.5. The summed E-state index contributed by atoms with van der Waals surface area (Å²) in [5, 5.41) is 3.76. The van der Waals surface area contributed by atoms with Crippen molar-refractivity contribution in [3.05, 3.63) is 0 Å². The molecule has 0 aliphatic carbocycles. The lowest BCUT2D eigenvalue weighted by molar-refractivity contribution is 0.0730. The third-order valence-corrected chi connectivity index (χ3v) is 4.42. The van der Waals surface area contributed by atoms with E-state index in [0.29, 0.717) is 18.2 Å². The first kappa shape index (κ1) is 13.3. The summed E-state index contributed by atoms with van der Waals surface area (Å²) in [6.07, 6.45) is 5.62. The molecule has 2 aliphatic heterocycles. The Kier molecular flexibility index (Phi) is 4.83. The van der Waals surface area contributed by atoms with Gasteiger partial charge in [-0.25, -0.2) is 0 Å². The third kappa shape index (κ3) is 3.67. The molecule has 2 fully saturated rings. The van der Waals surface area contributed by atoms with Gasteiger partial charge in [0.1, 0.15) is 0 Å². The van der Waals surface area contributed by atoms with Crippen LogP contribution in [0.15, 0.2) is 0 Å². The number of hydrogen-bond donors (Lipinski definition) is 1. The standard InChI is InChI=1S/C14H28N2O/c1-11(13-6-4-8-16(3)10-13)15-12(2)14-7-5-9-17-14/h11-15H,4-10H2,1-3H3.